The molecule has 2 unspecified atom stereocenters. The van der Waals surface area contributed by atoms with Crippen molar-refractivity contribution in [3.8, 4) is 5.75 Å². The van der Waals surface area contributed by atoms with E-state index in [1.54, 1.807) is 7.11 Å². The first-order valence-electron chi connectivity index (χ1n) is 13.9. The number of allylic oxidation sites excluding steroid dienone is 2. The molecule has 1 saturated heterocycles. The lowest BCUT2D eigenvalue weighted by molar-refractivity contribution is -0.357. The van der Waals surface area contributed by atoms with Crippen molar-refractivity contribution in [3.05, 3.63) is 41.5 Å². The molecule has 1 aromatic carbocycles. The minimum Gasteiger partial charge on any atom is -0.497 e. The molecule has 1 N–H and O–H groups in total. The number of fused-ring (bicyclic) bond motifs is 4. The van der Waals surface area contributed by atoms with Gasteiger partial charge in [-0.15, -0.1) is 0 Å². The van der Waals surface area contributed by atoms with Crippen LogP contribution >= 0.6 is 0 Å². The van der Waals surface area contributed by atoms with Gasteiger partial charge in [0.25, 0.3) is 0 Å². The number of aliphatic hydroxyl groups is 1. The summed E-state index contributed by atoms with van der Waals surface area (Å²) in [6.07, 6.45) is 9.72. The number of ether oxygens (including phenoxy) is 3. The quantitative estimate of drug-likeness (QED) is 0.584. The van der Waals surface area contributed by atoms with E-state index in [2.05, 4.69) is 45.0 Å². The van der Waals surface area contributed by atoms with E-state index < -0.39 is 11.4 Å². The largest absolute Gasteiger partial charge is 0.497 e. The van der Waals surface area contributed by atoms with E-state index in [0.29, 0.717) is 31.5 Å². The number of hydrogen-bond acceptors (Lipinski definition) is 5. The van der Waals surface area contributed by atoms with Crippen LogP contribution in [0.15, 0.2) is 30.4 Å². The average molecular weight is 493 g/mol. The summed E-state index contributed by atoms with van der Waals surface area (Å²) >= 11 is 0. The highest BCUT2D eigenvalue weighted by Crippen LogP contribution is 2.73. The predicted molar refractivity (Wildman–Crippen MR) is 136 cm³/mol. The van der Waals surface area contributed by atoms with Crippen LogP contribution in [0.1, 0.15) is 76.3 Å². The normalized spacial score (nSPS) is 45.4. The van der Waals surface area contributed by atoms with Crippen LogP contribution < -0.4 is 4.74 Å². The van der Waals surface area contributed by atoms with E-state index in [0.717, 1.165) is 44.3 Å². The molecule has 0 bridgehead atoms. The Morgan fingerprint density at radius 1 is 1.08 bits per heavy atom. The third-order valence-electron chi connectivity index (χ3n) is 11.4. The van der Waals surface area contributed by atoms with Crippen molar-refractivity contribution >= 4 is 5.78 Å². The Bertz CT molecular complexity index is 1140. The Labute approximate surface area is 214 Å². The summed E-state index contributed by atoms with van der Waals surface area (Å²) in [6.45, 7) is 7.88. The van der Waals surface area contributed by atoms with Crippen LogP contribution in [0, 0.1) is 34.0 Å². The number of methoxy groups -OCH3 is 1. The number of rotatable bonds is 1. The average Bonchev–Trinajstić information content (AvgIpc) is 3.15. The molecule has 7 rings (SSSR count). The van der Waals surface area contributed by atoms with E-state index in [1.165, 1.54) is 11.1 Å². The van der Waals surface area contributed by atoms with Crippen LogP contribution in [0.2, 0.25) is 0 Å². The summed E-state index contributed by atoms with van der Waals surface area (Å²) in [5.41, 5.74) is 1.22. The summed E-state index contributed by atoms with van der Waals surface area (Å²) in [5.74, 6) is 1.77. The van der Waals surface area contributed by atoms with Gasteiger partial charge >= 0.3 is 0 Å². The second-order valence-corrected chi connectivity index (χ2v) is 14.0. The van der Waals surface area contributed by atoms with Crippen molar-refractivity contribution in [3.63, 3.8) is 0 Å². The van der Waals surface area contributed by atoms with E-state index in [1.807, 2.05) is 6.08 Å². The molecule has 1 aliphatic heterocycles. The van der Waals surface area contributed by atoms with E-state index in [9.17, 15) is 9.90 Å². The van der Waals surface area contributed by atoms with Gasteiger partial charge in [0.1, 0.15) is 5.75 Å². The number of ketones is 1. The molecule has 5 aliphatic carbocycles. The summed E-state index contributed by atoms with van der Waals surface area (Å²) < 4.78 is 18.5. The van der Waals surface area contributed by atoms with Gasteiger partial charge in [0, 0.05) is 29.1 Å². The van der Waals surface area contributed by atoms with Gasteiger partial charge < -0.3 is 19.3 Å². The van der Waals surface area contributed by atoms with Gasteiger partial charge in [0.2, 0.25) is 0 Å². The molecule has 0 amide bonds. The van der Waals surface area contributed by atoms with Crippen LogP contribution in [0.25, 0.3) is 0 Å². The maximum atomic E-state index is 13.2. The van der Waals surface area contributed by atoms with Crippen molar-refractivity contribution in [2.45, 2.75) is 83.0 Å². The smallest absolute Gasteiger partial charge is 0.171 e. The third-order valence-corrected chi connectivity index (χ3v) is 11.4. The monoisotopic (exact) mass is 492 g/mol. The first kappa shape index (κ1) is 23.4. The zero-order valence-corrected chi connectivity index (χ0v) is 22.1. The van der Waals surface area contributed by atoms with Crippen LogP contribution in [-0.4, -0.2) is 42.6 Å². The molecular formula is C31H40O5. The highest BCUT2D eigenvalue weighted by atomic mass is 16.7. The van der Waals surface area contributed by atoms with E-state index in [4.69, 9.17) is 14.2 Å². The molecule has 5 heteroatoms. The molecule has 5 nitrogen and oxygen atoms in total. The van der Waals surface area contributed by atoms with Gasteiger partial charge in [0.15, 0.2) is 11.6 Å². The molecule has 1 aromatic rings. The van der Waals surface area contributed by atoms with Gasteiger partial charge in [-0.2, -0.15) is 0 Å². The zero-order chi connectivity index (χ0) is 25.1. The van der Waals surface area contributed by atoms with Crippen LogP contribution in [-0.2, 0) is 20.7 Å². The van der Waals surface area contributed by atoms with Gasteiger partial charge in [-0.05, 0) is 85.1 Å². The summed E-state index contributed by atoms with van der Waals surface area (Å²) in [7, 11) is 1.72. The first-order valence-corrected chi connectivity index (χ1v) is 13.9. The molecule has 2 spiro atoms. The standard InChI is InChI=1S/C31H40O5/c1-27(2)17-35-31(36-18-27)12-11-29-14-19-13-20(34-4)5-6-21(19)23-15-28(3)24(7-8-25(28)32)22(26(23)29)9-10-30(29,33)16-31/h5-8,13,22-24,26,33H,9-12,14-18H2,1-4H3/t22-,23?,24-,26?,28-,29-,30+/m0/s1. The second kappa shape index (κ2) is 7.24. The number of hydrogen-bond donors (Lipinski definition) is 1. The first-order chi connectivity index (χ1) is 17.0. The Hall–Kier alpha value is -1.69. The molecule has 0 aromatic heterocycles. The number of carbonyl (C=O) groups is 1. The summed E-state index contributed by atoms with van der Waals surface area (Å²) in [5, 5.41) is 12.7. The van der Waals surface area contributed by atoms with Gasteiger partial charge in [0.05, 0.1) is 25.9 Å². The van der Waals surface area contributed by atoms with Crippen molar-refractivity contribution < 1.29 is 24.1 Å². The lowest BCUT2D eigenvalue weighted by atomic mass is 9.37. The Morgan fingerprint density at radius 3 is 2.61 bits per heavy atom. The fourth-order valence-corrected chi connectivity index (χ4v) is 9.67. The summed E-state index contributed by atoms with van der Waals surface area (Å²) in [6, 6.07) is 6.51. The highest BCUT2D eigenvalue weighted by Gasteiger charge is 2.71. The van der Waals surface area contributed by atoms with Crippen molar-refractivity contribution in [2.24, 2.45) is 34.0 Å². The summed E-state index contributed by atoms with van der Waals surface area (Å²) in [4.78, 5) is 13.2. The molecule has 36 heavy (non-hydrogen) atoms. The molecule has 3 saturated carbocycles. The van der Waals surface area contributed by atoms with E-state index >= 15 is 0 Å². The fourth-order valence-electron chi connectivity index (χ4n) is 9.67. The fraction of sp³-hybridized carbons (Fsp3) is 0.710. The zero-order valence-electron chi connectivity index (χ0n) is 22.1. The van der Waals surface area contributed by atoms with Crippen LogP contribution in [0.3, 0.4) is 0 Å². The number of carbonyl (C=O) groups excluding carboxylic acids is 1. The third kappa shape index (κ3) is 2.91. The molecule has 4 fully saturated rings. The molecule has 0 radical (unpaired) electrons. The maximum Gasteiger partial charge on any atom is 0.171 e. The predicted octanol–water partition coefficient (Wildman–Crippen LogP) is 5.20. The van der Waals surface area contributed by atoms with Gasteiger partial charge in [-0.25, -0.2) is 0 Å². The minimum atomic E-state index is -0.854. The lowest BCUT2D eigenvalue weighted by Crippen LogP contribution is -2.70. The topological polar surface area (TPSA) is 65.0 Å². The molecular weight excluding hydrogens is 452 g/mol. The lowest BCUT2D eigenvalue weighted by Gasteiger charge is -2.69. The van der Waals surface area contributed by atoms with Crippen LogP contribution in [0.4, 0.5) is 0 Å². The highest BCUT2D eigenvalue weighted by molar-refractivity contribution is 5.97. The second-order valence-electron chi connectivity index (χ2n) is 14.0. The molecule has 6 aliphatic rings. The van der Waals surface area contributed by atoms with Gasteiger partial charge in [-0.3, -0.25) is 4.79 Å². The Balaban J connectivity index is 1.35. The Morgan fingerprint density at radius 2 is 1.86 bits per heavy atom. The van der Waals surface area contributed by atoms with Gasteiger partial charge in [-0.1, -0.05) is 32.9 Å². The van der Waals surface area contributed by atoms with Crippen LogP contribution in [0.5, 0.6) is 5.75 Å². The Kier molecular flexibility index (Phi) is 4.71. The maximum absolute atomic E-state index is 13.2. The SMILES string of the molecule is COc1ccc2c(c1)C[C@]13CCC4(C[C@]1(O)CC[C@@H]1C3C2C[C@]2(C)C(=O)C=C[C@@H]12)OCC(C)(C)CO4. The molecule has 1 heterocycles. The molecule has 7 atom stereocenters. The van der Waals surface area contributed by atoms with Crippen molar-refractivity contribution in [2.75, 3.05) is 20.3 Å². The van der Waals surface area contributed by atoms with Crippen molar-refractivity contribution in [1.82, 2.24) is 0 Å². The minimum absolute atomic E-state index is 0.00125. The number of benzene rings is 1. The van der Waals surface area contributed by atoms with Crippen molar-refractivity contribution in [1.29, 1.82) is 0 Å². The van der Waals surface area contributed by atoms with E-state index in [-0.39, 0.29) is 33.9 Å². The molecule has 194 valence electrons.